The number of azo groups is 1. The Bertz CT molecular complexity index is 1390. The third-order valence-electron chi connectivity index (χ3n) is 5.16. The van der Waals surface area contributed by atoms with Crippen LogP contribution in [0.3, 0.4) is 0 Å². The molecule has 0 aliphatic carbocycles. The van der Waals surface area contributed by atoms with E-state index in [2.05, 4.69) is 15.5 Å². The maximum atomic E-state index is 13.0. The zero-order chi connectivity index (χ0) is 23.4. The summed E-state index contributed by atoms with van der Waals surface area (Å²) < 4.78 is 1.57. The molecule has 0 saturated carbocycles. The number of amides is 2. The van der Waals surface area contributed by atoms with Crippen molar-refractivity contribution in [1.29, 1.82) is 0 Å². The Morgan fingerprint density at radius 2 is 1.64 bits per heavy atom. The first-order valence-electron chi connectivity index (χ1n) is 10.3. The van der Waals surface area contributed by atoms with E-state index >= 15 is 0 Å². The number of carbonyl (C=O) groups is 2. The predicted molar refractivity (Wildman–Crippen MR) is 127 cm³/mol. The van der Waals surface area contributed by atoms with E-state index in [0.717, 1.165) is 11.1 Å². The van der Waals surface area contributed by atoms with Crippen molar-refractivity contribution in [2.45, 2.75) is 6.92 Å². The predicted octanol–water partition coefficient (Wildman–Crippen LogP) is 5.27. The lowest BCUT2D eigenvalue weighted by Gasteiger charge is -2.07. The monoisotopic (exact) mass is 438 g/mol. The molecular formula is C26H22N4O3. The maximum absolute atomic E-state index is 13.0. The largest absolute Gasteiger partial charge is 0.493 e. The number of rotatable bonds is 5. The molecule has 1 heterocycles. The van der Waals surface area contributed by atoms with Crippen LogP contribution in [-0.2, 0) is 11.8 Å². The van der Waals surface area contributed by atoms with Crippen LogP contribution in [0.1, 0.15) is 21.5 Å². The van der Waals surface area contributed by atoms with Crippen molar-refractivity contribution in [1.82, 2.24) is 9.88 Å². The highest BCUT2D eigenvalue weighted by Crippen LogP contribution is 2.38. The molecule has 0 radical (unpaired) electrons. The smallest absolute Gasteiger partial charge is 0.311 e. The fraction of sp³-hybridized carbons (Fsp3) is 0.0769. The number of hydrogen-bond acceptors (Lipinski definition) is 4. The molecule has 2 N–H and O–H groups in total. The van der Waals surface area contributed by atoms with Gasteiger partial charge in [0.15, 0.2) is 5.69 Å². The molecule has 2 amide bonds. The highest BCUT2D eigenvalue weighted by atomic mass is 16.3. The minimum absolute atomic E-state index is 0.0327. The van der Waals surface area contributed by atoms with E-state index < -0.39 is 11.8 Å². The molecule has 33 heavy (non-hydrogen) atoms. The van der Waals surface area contributed by atoms with Crippen LogP contribution in [-0.4, -0.2) is 21.5 Å². The fourth-order valence-electron chi connectivity index (χ4n) is 3.42. The molecule has 4 aromatic rings. The van der Waals surface area contributed by atoms with Crippen molar-refractivity contribution in [3.63, 3.8) is 0 Å². The SMILES string of the molecule is Cc1ccc2c(c1)c(N=NC(=O)C(=Cc1ccccc1)NC(=O)c1ccccc1)c(O)n2C. The second-order valence-electron chi connectivity index (χ2n) is 7.55. The summed E-state index contributed by atoms with van der Waals surface area (Å²) in [5.41, 5.74) is 3.02. The van der Waals surface area contributed by atoms with Crippen LogP contribution in [0.5, 0.6) is 5.88 Å². The van der Waals surface area contributed by atoms with Gasteiger partial charge in [0, 0.05) is 18.0 Å². The maximum Gasteiger partial charge on any atom is 0.311 e. The Hall–Kier alpha value is -4.52. The highest BCUT2D eigenvalue weighted by molar-refractivity contribution is 6.05. The van der Waals surface area contributed by atoms with Gasteiger partial charge in [-0.05, 0) is 42.8 Å². The van der Waals surface area contributed by atoms with Gasteiger partial charge in [-0.25, -0.2) is 0 Å². The quantitative estimate of drug-likeness (QED) is 0.328. The standard InChI is InChI=1S/C26H22N4O3/c1-17-13-14-22-20(15-17)23(26(33)30(22)2)28-29-25(32)21(16-18-9-5-3-6-10-18)27-24(31)19-11-7-4-8-12-19/h3-16,33H,1-2H3,(H,27,31). The van der Waals surface area contributed by atoms with Crippen LogP contribution >= 0.6 is 0 Å². The first kappa shape index (κ1) is 21.7. The van der Waals surface area contributed by atoms with Gasteiger partial charge >= 0.3 is 5.91 Å². The summed E-state index contributed by atoms with van der Waals surface area (Å²) in [6.45, 7) is 1.93. The number of nitrogens with zero attached hydrogens (tertiary/aromatic N) is 3. The zero-order valence-corrected chi connectivity index (χ0v) is 18.2. The van der Waals surface area contributed by atoms with Gasteiger partial charge in [0.1, 0.15) is 5.70 Å². The number of aromatic nitrogens is 1. The van der Waals surface area contributed by atoms with Crippen molar-refractivity contribution in [2.75, 3.05) is 0 Å². The molecule has 0 atom stereocenters. The summed E-state index contributed by atoms with van der Waals surface area (Å²) >= 11 is 0. The van der Waals surface area contributed by atoms with Gasteiger partial charge in [-0.2, -0.15) is 0 Å². The molecule has 0 aliphatic rings. The summed E-state index contributed by atoms with van der Waals surface area (Å²) in [6, 6.07) is 23.3. The topological polar surface area (TPSA) is 96.1 Å². The van der Waals surface area contributed by atoms with Crippen molar-refractivity contribution in [3.05, 3.63) is 101 Å². The molecule has 164 valence electrons. The van der Waals surface area contributed by atoms with Crippen molar-refractivity contribution >= 4 is 34.5 Å². The molecule has 0 aliphatic heterocycles. The lowest BCUT2D eigenvalue weighted by Crippen LogP contribution is -2.26. The Balaban J connectivity index is 1.69. The molecule has 7 nitrogen and oxygen atoms in total. The van der Waals surface area contributed by atoms with E-state index in [1.54, 1.807) is 54.1 Å². The number of carbonyl (C=O) groups excluding carboxylic acids is 2. The Labute approximate surface area is 190 Å². The first-order chi connectivity index (χ1) is 15.9. The lowest BCUT2D eigenvalue weighted by molar-refractivity contribution is -0.115. The van der Waals surface area contributed by atoms with Gasteiger partial charge in [-0.1, -0.05) is 60.2 Å². The van der Waals surface area contributed by atoms with E-state index in [-0.39, 0.29) is 17.3 Å². The zero-order valence-electron chi connectivity index (χ0n) is 18.2. The molecule has 7 heteroatoms. The van der Waals surface area contributed by atoms with Crippen molar-refractivity contribution in [3.8, 4) is 5.88 Å². The van der Waals surface area contributed by atoms with Gasteiger partial charge < -0.3 is 15.0 Å². The summed E-state index contributed by atoms with van der Waals surface area (Å²) in [7, 11) is 1.70. The Kier molecular flexibility index (Phi) is 6.13. The second-order valence-corrected chi connectivity index (χ2v) is 7.55. The van der Waals surface area contributed by atoms with Crippen LogP contribution < -0.4 is 5.32 Å². The van der Waals surface area contributed by atoms with E-state index in [1.165, 1.54) is 6.08 Å². The Morgan fingerprint density at radius 3 is 2.33 bits per heavy atom. The molecule has 0 spiro atoms. The van der Waals surface area contributed by atoms with Crippen LogP contribution in [0.2, 0.25) is 0 Å². The number of benzene rings is 3. The summed E-state index contributed by atoms with van der Waals surface area (Å²) in [4.78, 5) is 25.7. The van der Waals surface area contributed by atoms with Gasteiger partial charge in [-0.3, -0.25) is 9.59 Å². The third-order valence-corrected chi connectivity index (χ3v) is 5.16. The molecule has 4 rings (SSSR count). The minimum Gasteiger partial charge on any atom is -0.493 e. The highest BCUT2D eigenvalue weighted by Gasteiger charge is 2.17. The normalized spacial score (nSPS) is 11.8. The van der Waals surface area contributed by atoms with Crippen molar-refractivity contribution in [2.24, 2.45) is 17.3 Å². The molecule has 1 aromatic heterocycles. The fourth-order valence-corrected chi connectivity index (χ4v) is 3.42. The number of hydrogen-bond donors (Lipinski definition) is 2. The molecule has 0 bridgehead atoms. The number of aromatic hydroxyl groups is 1. The molecule has 0 unspecified atom stereocenters. The minimum atomic E-state index is -0.743. The van der Waals surface area contributed by atoms with Gasteiger partial charge in [0.25, 0.3) is 5.91 Å². The van der Waals surface area contributed by atoms with Crippen LogP contribution in [0.4, 0.5) is 5.69 Å². The average Bonchev–Trinajstić information content (AvgIpc) is 3.07. The lowest BCUT2D eigenvalue weighted by atomic mass is 10.1. The van der Waals surface area contributed by atoms with Crippen LogP contribution in [0.25, 0.3) is 17.0 Å². The number of nitrogens with one attached hydrogen (secondary N) is 1. The average molecular weight is 438 g/mol. The molecule has 3 aromatic carbocycles. The molecule has 0 saturated heterocycles. The third kappa shape index (κ3) is 4.72. The molecule has 0 fully saturated rings. The van der Waals surface area contributed by atoms with E-state index in [9.17, 15) is 14.7 Å². The van der Waals surface area contributed by atoms with E-state index in [4.69, 9.17) is 0 Å². The summed E-state index contributed by atoms with van der Waals surface area (Å²) in [5.74, 6) is -1.29. The van der Waals surface area contributed by atoms with E-state index in [0.29, 0.717) is 16.5 Å². The van der Waals surface area contributed by atoms with Gasteiger partial charge in [0.05, 0.1) is 5.52 Å². The van der Waals surface area contributed by atoms with Crippen LogP contribution in [0, 0.1) is 6.92 Å². The first-order valence-corrected chi connectivity index (χ1v) is 10.3. The second kappa shape index (κ2) is 9.32. The van der Waals surface area contributed by atoms with E-state index in [1.807, 2.05) is 43.3 Å². The number of fused-ring (bicyclic) bond motifs is 1. The van der Waals surface area contributed by atoms with Gasteiger partial charge in [-0.15, -0.1) is 10.2 Å². The number of aryl methyl sites for hydroxylation is 2. The van der Waals surface area contributed by atoms with Gasteiger partial charge in [0.2, 0.25) is 5.88 Å². The molecular weight excluding hydrogens is 416 g/mol. The van der Waals surface area contributed by atoms with Crippen LogP contribution in [0.15, 0.2) is 94.8 Å². The summed E-state index contributed by atoms with van der Waals surface area (Å²) in [5, 5.41) is 21.7. The van der Waals surface area contributed by atoms with Crippen molar-refractivity contribution < 1.29 is 14.7 Å². The summed E-state index contributed by atoms with van der Waals surface area (Å²) in [6.07, 6.45) is 1.54. The Morgan fingerprint density at radius 1 is 0.970 bits per heavy atom.